The number of hydrogen-bond donors (Lipinski definition) is 1. The molecule has 2 aliphatic heterocycles. The van der Waals surface area contributed by atoms with Crippen molar-refractivity contribution in [1.82, 2.24) is 14.9 Å². The van der Waals surface area contributed by atoms with Gasteiger partial charge in [0.05, 0.1) is 17.4 Å². The van der Waals surface area contributed by atoms with Crippen molar-refractivity contribution in [3.05, 3.63) is 54.5 Å². The molecular weight excluding hydrogens is 402 g/mol. The van der Waals surface area contributed by atoms with E-state index in [9.17, 15) is 4.79 Å². The third-order valence-corrected chi connectivity index (χ3v) is 6.61. The standard InChI is InChI=1S/C25H35N5O2/c1-24(2,3)32-23(31)30-16-9-6-13-25(30,26)19-12-17-29(22-11-5-8-15-28-22)21(18-19)20-10-4-7-14-27-20/h4-5,7-8,10-11,14-15,19,21H,6,9,12-13,16-18,26H2,1-3H3. The largest absolute Gasteiger partial charge is 0.444 e. The van der Waals surface area contributed by atoms with Gasteiger partial charge in [-0.15, -0.1) is 0 Å². The molecule has 0 aromatic carbocycles. The number of nitrogens with zero attached hydrogens (tertiary/aromatic N) is 4. The minimum Gasteiger partial charge on any atom is -0.444 e. The minimum atomic E-state index is -0.718. The van der Waals surface area contributed by atoms with Gasteiger partial charge in [0.1, 0.15) is 11.4 Å². The normalized spacial score (nSPS) is 26.6. The maximum Gasteiger partial charge on any atom is 0.411 e. The van der Waals surface area contributed by atoms with Gasteiger partial charge in [-0.25, -0.2) is 9.78 Å². The number of hydrogen-bond acceptors (Lipinski definition) is 6. The third kappa shape index (κ3) is 4.72. The summed E-state index contributed by atoms with van der Waals surface area (Å²) in [6.45, 7) is 7.14. The van der Waals surface area contributed by atoms with E-state index in [1.807, 2.05) is 63.5 Å². The van der Waals surface area contributed by atoms with Crippen molar-refractivity contribution in [3.8, 4) is 0 Å². The summed E-state index contributed by atoms with van der Waals surface area (Å²) in [5.74, 6) is 1.09. The summed E-state index contributed by atoms with van der Waals surface area (Å²) in [6, 6.07) is 12.1. The lowest BCUT2D eigenvalue weighted by atomic mass is 9.75. The zero-order valence-electron chi connectivity index (χ0n) is 19.4. The van der Waals surface area contributed by atoms with E-state index in [1.165, 1.54) is 0 Å². The molecule has 3 unspecified atom stereocenters. The van der Waals surface area contributed by atoms with Crippen molar-refractivity contribution in [2.75, 3.05) is 18.0 Å². The predicted molar refractivity (Wildman–Crippen MR) is 125 cm³/mol. The van der Waals surface area contributed by atoms with E-state index in [0.29, 0.717) is 6.54 Å². The Labute approximate surface area is 191 Å². The molecular formula is C25H35N5O2. The topological polar surface area (TPSA) is 84.6 Å². The van der Waals surface area contributed by atoms with E-state index in [1.54, 1.807) is 4.90 Å². The molecule has 2 aromatic heterocycles. The molecule has 2 saturated heterocycles. The number of carbonyl (C=O) groups is 1. The van der Waals surface area contributed by atoms with Crippen LogP contribution < -0.4 is 10.6 Å². The first-order chi connectivity index (χ1) is 15.3. The fourth-order valence-corrected chi connectivity index (χ4v) is 5.09. The van der Waals surface area contributed by atoms with E-state index in [-0.39, 0.29) is 18.1 Å². The Morgan fingerprint density at radius 2 is 1.84 bits per heavy atom. The number of carbonyl (C=O) groups excluding carboxylic acids is 1. The number of rotatable bonds is 3. The van der Waals surface area contributed by atoms with Gasteiger partial charge in [-0.2, -0.15) is 0 Å². The maximum atomic E-state index is 13.1. The van der Waals surface area contributed by atoms with Gasteiger partial charge in [0.25, 0.3) is 0 Å². The summed E-state index contributed by atoms with van der Waals surface area (Å²) in [6.07, 6.45) is 7.81. The number of likely N-dealkylation sites (tertiary alicyclic amines) is 1. The van der Waals surface area contributed by atoms with E-state index in [4.69, 9.17) is 10.5 Å². The Morgan fingerprint density at radius 3 is 2.50 bits per heavy atom. The van der Waals surface area contributed by atoms with Crippen molar-refractivity contribution in [3.63, 3.8) is 0 Å². The fraction of sp³-hybridized carbons (Fsp3) is 0.560. The predicted octanol–water partition coefficient (Wildman–Crippen LogP) is 4.51. The zero-order chi connectivity index (χ0) is 22.8. The molecule has 0 saturated carbocycles. The smallest absolute Gasteiger partial charge is 0.411 e. The molecule has 172 valence electrons. The van der Waals surface area contributed by atoms with Gasteiger partial charge in [-0.3, -0.25) is 9.88 Å². The molecule has 0 spiro atoms. The second-order valence-corrected chi connectivity index (χ2v) is 9.95. The molecule has 0 bridgehead atoms. The Balaban J connectivity index is 1.63. The number of pyridine rings is 2. The summed E-state index contributed by atoms with van der Waals surface area (Å²) in [4.78, 5) is 26.5. The second kappa shape index (κ2) is 9.06. The molecule has 4 rings (SSSR count). The Kier molecular flexibility index (Phi) is 6.38. The molecule has 7 heteroatoms. The number of piperidine rings is 2. The lowest BCUT2D eigenvalue weighted by Crippen LogP contribution is -2.66. The maximum absolute atomic E-state index is 13.1. The number of aromatic nitrogens is 2. The van der Waals surface area contributed by atoms with Gasteiger partial charge in [0.2, 0.25) is 0 Å². The van der Waals surface area contributed by atoms with Crippen LogP contribution in [0.25, 0.3) is 0 Å². The Hall–Kier alpha value is -2.67. The highest BCUT2D eigenvalue weighted by molar-refractivity contribution is 5.69. The van der Waals surface area contributed by atoms with Crippen LogP contribution in [-0.2, 0) is 4.74 Å². The lowest BCUT2D eigenvalue weighted by molar-refractivity contribution is -0.0403. The van der Waals surface area contributed by atoms with Gasteiger partial charge < -0.3 is 15.4 Å². The SMILES string of the molecule is CC(C)(C)OC(=O)N1CCCCC1(N)C1CCN(c2ccccn2)C(c2ccccn2)C1. The van der Waals surface area contributed by atoms with Crippen LogP contribution in [0, 0.1) is 5.92 Å². The molecule has 0 aliphatic carbocycles. The highest BCUT2D eigenvalue weighted by Crippen LogP contribution is 2.43. The second-order valence-electron chi connectivity index (χ2n) is 9.95. The first kappa shape index (κ1) is 22.5. The van der Waals surface area contributed by atoms with Crippen LogP contribution >= 0.6 is 0 Å². The molecule has 2 fully saturated rings. The van der Waals surface area contributed by atoms with E-state index < -0.39 is 11.3 Å². The van der Waals surface area contributed by atoms with Gasteiger partial charge >= 0.3 is 6.09 Å². The fourth-order valence-electron chi connectivity index (χ4n) is 5.09. The van der Waals surface area contributed by atoms with Crippen LogP contribution in [0.15, 0.2) is 48.8 Å². The van der Waals surface area contributed by atoms with Crippen LogP contribution in [-0.4, -0.2) is 45.3 Å². The lowest BCUT2D eigenvalue weighted by Gasteiger charge is -2.52. The van der Waals surface area contributed by atoms with Crippen LogP contribution in [0.2, 0.25) is 0 Å². The summed E-state index contributed by atoms with van der Waals surface area (Å²) in [5, 5.41) is 0. The molecule has 7 nitrogen and oxygen atoms in total. The number of ether oxygens (including phenoxy) is 1. The monoisotopic (exact) mass is 437 g/mol. The quantitative estimate of drug-likeness (QED) is 0.760. The van der Waals surface area contributed by atoms with Gasteiger partial charge in [-0.05, 0) is 83.1 Å². The molecule has 2 aliphatic rings. The zero-order valence-corrected chi connectivity index (χ0v) is 19.4. The highest BCUT2D eigenvalue weighted by atomic mass is 16.6. The molecule has 1 amide bonds. The summed E-state index contributed by atoms with van der Waals surface area (Å²) in [5.41, 5.74) is 6.83. The number of amides is 1. The first-order valence-electron chi connectivity index (χ1n) is 11.7. The molecule has 32 heavy (non-hydrogen) atoms. The van der Waals surface area contributed by atoms with Gasteiger partial charge in [0.15, 0.2) is 0 Å². The number of nitrogens with two attached hydrogens (primary N) is 1. The van der Waals surface area contributed by atoms with Crippen molar-refractivity contribution in [2.45, 2.75) is 70.2 Å². The molecule has 0 radical (unpaired) electrons. The van der Waals surface area contributed by atoms with E-state index >= 15 is 0 Å². The Bertz CT molecular complexity index is 902. The summed E-state index contributed by atoms with van der Waals surface area (Å²) < 4.78 is 5.74. The van der Waals surface area contributed by atoms with Crippen molar-refractivity contribution < 1.29 is 9.53 Å². The van der Waals surface area contributed by atoms with E-state index in [2.05, 4.69) is 20.9 Å². The van der Waals surface area contributed by atoms with Crippen LogP contribution in [0.4, 0.5) is 10.6 Å². The third-order valence-electron chi connectivity index (χ3n) is 6.61. The van der Waals surface area contributed by atoms with Crippen molar-refractivity contribution in [1.29, 1.82) is 0 Å². The van der Waals surface area contributed by atoms with E-state index in [0.717, 1.165) is 50.2 Å². The molecule has 4 heterocycles. The summed E-state index contributed by atoms with van der Waals surface area (Å²) >= 11 is 0. The van der Waals surface area contributed by atoms with Gasteiger partial charge in [0, 0.05) is 25.5 Å². The Morgan fingerprint density at radius 1 is 1.09 bits per heavy atom. The average molecular weight is 438 g/mol. The van der Waals surface area contributed by atoms with Crippen molar-refractivity contribution >= 4 is 11.9 Å². The molecule has 2 N–H and O–H groups in total. The highest BCUT2D eigenvalue weighted by Gasteiger charge is 2.48. The average Bonchev–Trinajstić information content (AvgIpc) is 2.79. The summed E-state index contributed by atoms with van der Waals surface area (Å²) in [7, 11) is 0. The molecule has 3 atom stereocenters. The van der Waals surface area contributed by atoms with Crippen LogP contribution in [0.5, 0.6) is 0 Å². The van der Waals surface area contributed by atoms with Crippen LogP contribution in [0.1, 0.15) is 64.6 Å². The first-order valence-corrected chi connectivity index (χ1v) is 11.7. The molecule has 2 aromatic rings. The van der Waals surface area contributed by atoms with Crippen LogP contribution in [0.3, 0.4) is 0 Å². The van der Waals surface area contributed by atoms with Gasteiger partial charge in [-0.1, -0.05) is 12.1 Å². The van der Waals surface area contributed by atoms with Crippen molar-refractivity contribution in [2.24, 2.45) is 11.7 Å². The number of anilines is 1. The minimum absolute atomic E-state index is 0.0488.